The molecule has 0 saturated heterocycles. The topological polar surface area (TPSA) is 133 Å². The molecular formula is C28H31NO8. The van der Waals surface area contributed by atoms with Gasteiger partial charge in [-0.05, 0) is 61.6 Å². The number of non-ortho nitro benzene ring substituents is 1. The number of Topliss-reactive ketones (excluding diaryl/α,β-unsaturated/α-hetero) is 1. The predicted molar refractivity (Wildman–Crippen MR) is 136 cm³/mol. The molecule has 0 heterocycles. The number of unbranched alkanes of at least 4 members (excludes halogenated alkanes) is 3. The van der Waals surface area contributed by atoms with Gasteiger partial charge in [0.25, 0.3) is 5.69 Å². The first kappa shape index (κ1) is 27.6. The van der Waals surface area contributed by atoms with E-state index >= 15 is 0 Å². The maximum Gasteiger partial charge on any atom is 0.303 e. The fraction of sp³-hybridized carbons (Fsp3) is 0.393. The van der Waals surface area contributed by atoms with Crippen LogP contribution >= 0.6 is 0 Å². The number of methoxy groups -OCH3 is 1. The number of hydrogen-bond donors (Lipinski definition) is 1. The van der Waals surface area contributed by atoms with Gasteiger partial charge < -0.3 is 14.6 Å². The van der Waals surface area contributed by atoms with Crippen LogP contribution < -0.4 is 9.47 Å². The summed E-state index contributed by atoms with van der Waals surface area (Å²) in [5.41, 5.74) is -0.170. The summed E-state index contributed by atoms with van der Waals surface area (Å²) >= 11 is 0. The van der Waals surface area contributed by atoms with Crippen LogP contribution in [0.25, 0.3) is 0 Å². The van der Waals surface area contributed by atoms with Gasteiger partial charge in [0.1, 0.15) is 23.0 Å². The molecule has 2 atom stereocenters. The van der Waals surface area contributed by atoms with Crippen LogP contribution in [0, 0.1) is 22.0 Å². The zero-order valence-electron chi connectivity index (χ0n) is 20.8. The maximum atomic E-state index is 13.1. The fourth-order valence-electron chi connectivity index (χ4n) is 4.52. The first-order valence-electron chi connectivity index (χ1n) is 12.4. The number of nitro benzene ring substituents is 1. The Bertz CT molecular complexity index is 1160. The van der Waals surface area contributed by atoms with Crippen LogP contribution in [-0.2, 0) is 9.59 Å². The van der Waals surface area contributed by atoms with E-state index in [9.17, 15) is 24.5 Å². The molecule has 37 heavy (non-hydrogen) atoms. The Morgan fingerprint density at radius 3 is 2.46 bits per heavy atom. The number of hydrogen-bond acceptors (Lipinski definition) is 7. The number of benzene rings is 2. The smallest absolute Gasteiger partial charge is 0.303 e. The Kier molecular flexibility index (Phi) is 9.94. The zero-order valence-corrected chi connectivity index (χ0v) is 20.8. The standard InChI is InChI=1S/C28H31NO8/c1-36-21-11-13-22(14-12-21)37-27-17-10-20(29(34)35)18-24(27)26(31)16-9-19-8-15-25(30)23(19)6-4-2-3-5-7-28(32)33/h9-14,16-19,23H,2-8,15H2,1H3,(H,32,33)/t19-,23-/m0/s1. The van der Waals surface area contributed by atoms with Crippen molar-refractivity contribution in [3.63, 3.8) is 0 Å². The Balaban J connectivity index is 1.69. The number of nitrogens with zero attached hydrogens (tertiary/aromatic N) is 1. The highest BCUT2D eigenvalue weighted by Gasteiger charge is 2.32. The van der Waals surface area contributed by atoms with Gasteiger partial charge in [-0.1, -0.05) is 25.3 Å². The quantitative estimate of drug-likeness (QED) is 0.105. The summed E-state index contributed by atoms with van der Waals surface area (Å²) in [7, 11) is 1.54. The van der Waals surface area contributed by atoms with Crippen molar-refractivity contribution in [3.05, 3.63) is 70.3 Å². The molecule has 0 unspecified atom stereocenters. The largest absolute Gasteiger partial charge is 0.497 e. The number of carbonyl (C=O) groups excluding carboxylic acids is 2. The van der Waals surface area contributed by atoms with Gasteiger partial charge >= 0.3 is 5.97 Å². The van der Waals surface area contributed by atoms with Gasteiger partial charge in [-0.2, -0.15) is 0 Å². The number of carbonyl (C=O) groups is 3. The molecular weight excluding hydrogens is 478 g/mol. The molecule has 9 nitrogen and oxygen atoms in total. The van der Waals surface area contributed by atoms with Gasteiger partial charge in [-0.3, -0.25) is 24.5 Å². The van der Waals surface area contributed by atoms with E-state index in [1.165, 1.54) is 24.3 Å². The third-order valence-electron chi connectivity index (χ3n) is 6.53. The van der Waals surface area contributed by atoms with Gasteiger partial charge in [-0.15, -0.1) is 0 Å². The van der Waals surface area contributed by atoms with E-state index in [-0.39, 0.29) is 41.0 Å². The van der Waals surface area contributed by atoms with Crippen LogP contribution in [0.15, 0.2) is 54.6 Å². The lowest BCUT2D eigenvalue weighted by molar-refractivity contribution is -0.384. The van der Waals surface area contributed by atoms with Crippen molar-refractivity contribution in [2.45, 2.75) is 51.4 Å². The van der Waals surface area contributed by atoms with Crippen LogP contribution in [0.5, 0.6) is 17.2 Å². The summed E-state index contributed by atoms with van der Waals surface area (Å²) in [6.45, 7) is 0. The fourth-order valence-corrected chi connectivity index (χ4v) is 4.52. The minimum Gasteiger partial charge on any atom is -0.497 e. The van der Waals surface area contributed by atoms with Crippen molar-refractivity contribution in [1.82, 2.24) is 0 Å². The van der Waals surface area contributed by atoms with Gasteiger partial charge in [-0.25, -0.2) is 0 Å². The molecule has 1 aliphatic rings. The molecule has 0 radical (unpaired) electrons. The number of carboxylic acids is 1. The molecule has 0 spiro atoms. The minimum absolute atomic E-state index is 0.0561. The van der Waals surface area contributed by atoms with E-state index < -0.39 is 16.7 Å². The molecule has 196 valence electrons. The average molecular weight is 510 g/mol. The highest BCUT2D eigenvalue weighted by molar-refractivity contribution is 6.07. The molecule has 9 heteroatoms. The van der Waals surface area contributed by atoms with Crippen molar-refractivity contribution < 1.29 is 33.9 Å². The van der Waals surface area contributed by atoms with Crippen molar-refractivity contribution in [3.8, 4) is 17.2 Å². The highest BCUT2D eigenvalue weighted by atomic mass is 16.6. The monoisotopic (exact) mass is 509 g/mol. The Morgan fingerprint density at radius 2 is 1.78 bits per heavy atom. The summed E-state index contributed by atoms with van der Waals surface area (Å²) in [5, 5.41) is 20.0. The highest BCUT2D eigenvalue weighted by Crippen LogP contribution is 2.35. The Hall–Kier alpha value is -4.01. The second-order valence-electron chi connectivity index (χ2n) is 9.06. The summed E-state index contributed by atoms with van der Waals surface area (Å²) < 4.78 is 11.0. The summed E-state index contributed by atoms with van der Waals surface area (Å²) in [5.74, 6) is -0.0732. The van der Waals surface area contributed by atoms with Crippen LogP contribution in [-0.4, -0.2) is 34.7 Å². The van der Waals surface area contributed by atoms with Gasteiger partial charge in [0, 0.05) is 30.9 Å². The SMILES string of the molecule is COc1ccc(Oc2ccc([N+](=O)[O-])cc2C(=O)C=C[C@@H]2CCC(=O)[C@H]2CCCCCCC(=O)O)cc1. The van der Waals surface area contributed by atoms with Gasteiger partial charge in [0.2, 0.25) is 0 Å². The minimum atomic E-state index is -0.804. The number of carboxylic acid groups (broad SMARTS) is 1. The molecule has 0 aromatic heterocycles. The molecule has 1 aliphatic carbocycles. The molecule has 1 N–H and O–H groups in total. The first-order chi connectivity index (χ1) is 17.8. The molecule has 0 aliphatic heterocycles. The van der Waals surface area contributed by atoms with E-state index in [1.54, 1.807) is 37.5 Å². The zero-order chi connectivity index (χ0) is 26.8. The molecule has 3 rings (SSSR count). The lowest BCUT2D eigenvalue weighted by atomic mass is 9.89. The second kappa shape index (κ2) is 13.3. The molecule has 0 bridgehead atoms. The van der Waals surface area contributed by atoms with Crippen molar-refractivity contribution >= 4 is 23.2 Å². The lowest BCUT2D eigenvalue weighted by Crippen LogP contribution is -2.13. The van der Waals surface area contributed by atoms with Crippen LogP contribution in [0.3, 0.4) is 0 Å². The Morgan fingerprint density at radius 1 is 1.08 bits per heavy atom. The Labute approximate surface area is 215 Å². The third-order valence-corrected chi connectivity index (χ3v) is 6.53. The van der Waals surface area contributed by atoms with Crippen molar-refractivity contribution in [2.75, 3.05) is 7.11 Å². The number of allylic oxidation sites excluding steroid dienone is 2. The van der Waals surface area contributed by atoms with E-state index in [0.29, 0.717) is 37.2 Å². The number of rotatable bonds is 14. The predicted octanol–water partition coefficient (Wildman–Crippen LogP) is 6.16. The van der Waals surface area contributed by atoms with Crippen LogP contribution in [0.1, 0.15) is 61.7 Å². The van der Waals surface area contributed by atoms with E-state index in [1.807, 2.05) is 0 Å². The molecule has 2 aromatic carbocycles. The number of nitro groups is 1. The summed E-state index contributed by atoms with van der Waals surface area (Å²) in [6.07, 6.45) is 8.15. The number of ketones is 2. The van der Waals surface area contributed by atoms with E-state index in [0.717, 1.165) is 19.3 Å². The van der Waals surface area contributed by atoms with Crippen LogP contribution in [0.4, 0.5) is 5.69 Å². The van der Waals surface area contributed by atoms with Crippen LogP contribution in [0.2, 0.25) is 0 Å². The van der Waals surface area contributed by atoms with Gasteiger partial charge in [0.05, 0.1) is 17.6 Å². The van der Waals surface area contributed by atoms with E-state index in [4.69, 9.17) is 14.6 Å². The first-order valence-corrected chi connectivity index (χ1v) is 12.4. The summed E-state index contributed by atoms with van der Waals surface area (Å²) in [4.78, 5) is 46.9. The number of ether oxygens (including phenoxy) is 2. The maximum absolute atomic E-state index is 13.1. The molecule has 1 saturated carbocycles. The van der Waals surface area contributed by atoms with Crippen molar-refractivity contribution in [2.24, 2.45) is 11.8 Å². The van der Waals surface area contributed by atoms with E-state index in [2.05, 4.69) is 0 Å². The van der Waals surface area contributed by atoms with Gasteiger partial charge in [0.15, 0.2) is 5.78 Å². The third kappa shape index (κ3) is 7.99. The number of aliphatic carboxylic acids is 1. The second-order valence-corrected chi connectivity index (χ2v) is 9.06. The van der Waals surface area contributed by atoms with Crippen molar-refractivity contribution in [1.29, 1.82) is 0 Å². The average Bonchev–Trinajstić information content (AvgIpc) is 3.24. The normalized spacial score (nSPS) is 17.2. The lowest BCUT2D eigenvalue weighted by Gasteiger charge is -2.15. The summed E-state index contributed by atoms with van der Waals surface area (Å²) in [6, 6.07) is 10.6. The molecule has 2 aromatic rings. The molecule has 1 fully saturated rings. The molecule has 0 amide bonds.